The maximum Gasteiger partial charge on any atom is 0.329 e. The van der Waals surface area contributed by atoms with Crippen molar-refractivity contribution in [3.8, 4) is 0 Å². The van der Waals surface area contributed by atoms with Gasteiger partial charge in [-0.1, -0.05) is 13.8 Å². The molecule has 1 heterocycles. The summed E-state index contributed by atoms with van der Waals surface area (Å²) < 4.78 is 1.63. The van der Waals surface area contributed by atoms with Crippen LogP contribution in [-0.2, 0) is 11.8 Å². The molecule has 17 heavy (non-hydrogen) atoms. The Hall–Kier alpha value is -1.85. The van der Waals surface area contributed by atoms with E-state index in [1.807, 2.05) is 0 Å². The Bertz CT molecular complexity index is 421. The van der Waals surface area contributed by atoms with Gasteiger partial charge in [-0.15, -0.1) is 0 Å². The normalized spacial score (nSPS) is 11.2. The molecule has 2 N–H and O–H groups in total. The molecule has 6 heteroatoms. The van der Waals surface area contributed by atoms with Crippen LogP contribution in [0, 0.1) is 0 Å². The predicted molar refractivity (Wildman–Crippen MR) is 61.6 cm³/mol. The molecule has 0 saturated heterocycles. The predicted octanol–water partition coefficient (Wildman–Crippen LogP) is 0.793. The highest BCUT2D eigenvalue weighted by molar-refractivity contribution is 5.96. The third kappa shape index (κ3) is 2.64. The number of carbonyl (C=O) groups is 2. The van der Waals surface area contributed by atoms with Crippen LogP contribution in [0.15, 0.2) is 12.5 Å². The van der Waals surface area contributed by atoms with Crippen molar-refractivity contribution in [3.05, 3.63) is 18.2 Å². The number of rotatable bonds is 5. The summed E-state index contributed by atoms with van der Waals surface area (Å²) in [5.74, 6) is -1.48. The third-order valence-corrected chi connectivity index (χ3v) is 2.91. The summed E-state index contributed by atoms with van der Waals surface area (Å²) in [4.78, 5) is 26.9. The van der Waals surface area contributed by atoms with Gasteiger partial charge in [-0.05, 0) is 12.8 Å². The van der Waals surface area contributed by atoms with Crippen molar-refractivity contribution in [1.29, 1.82) is 0 Å². The van der Waals surface area contributed by atoms with Crippen LogP contribution in [0.1, 0.15) is 37.2 Å². The van der Waals surface area contributed by atoms with Crippen LogP contribution >= 0.6 is 0 Å². The lowest BCUT2D eigenvalue weighted by atomic mass is 9.93. The molecule has 1 aromatic heterocycles. The number of hydrogen-bond donors (Lipinski definition) is 2. The molecular weight excluding hydrogens is 222 g/mol. The molecule has 0 radical (unpaired) electrons. The molecule has 6 nitrogen and oxygen atoms in total. The van der Waals surface area contributed by atoms with Crippen molar-refractivity contribution >= 4 is 11.9 Å². The number of aromatic nitrogens is 2. The fourth-order valence-corrected chi connectivity index (χ4v) is 1.59. The van der Waals surface area contributed by atoms with E-state index in [-0.39, 0.29) is 5.69 Å². The summed E-state index contributed by atoms with van der Waals surface area (Å²) in [5, 5.41) is 11.7. The summed E-state index contributed by atoms with van der Waals surface area (Å²) in [6.45, 7) is 3.46. The Morgan fingerprint density at radius 3 is 2.41 bits per heavy atom. The highest BCUT2D eigenvalue weighted by Gasteiger charge is 2.36. The van der Waals surface area contributed by atoms with Crippen molar-refractivity contribution < 1.29 is 14.7 Å². The topological polar surface area (TPSA) is 84.2 Å². The number of carboxylic acids is 1. The van der Waals surface area contributed by atoms with Gasteiger partial charge in [0, 0.05) is 13.2 Å². The van der Waals surface area contributed by atoms with Crippen LogP contribution in [0.4, 0.5) is 0 Å². The van der Waals surface area contributed by atoms with Gasteiger partial charge in [-0.3, -0.25) is 4.79 Å². The Morgan fingerprint density at radius 1 is 1.47 bits per heavy atom. The Labute approximate surface area is 99.7 Å². The molecule has 0 saturated carbocycles. The smallest absolute Gasteiger partial charge is 0.329 e. The largest absolute Gasteiger partial charge is 0.480 e. The van der Waals surface area contributed by atoms with Crippen LogP contribution in [0.3, 0.4) is 0 Å². The summed E-state index contributed by atoms with van der Waals surface area (Å²) in [6.07, 6.45) is 3.71. The van der Waals surface area contributed by atoms with Crippen molar-refractivity contribution in [2.75, 3.05) is 0 Å². The zero-order valence-corrected chi connectivity index (χ0v) is 10.2. The van der Waals surface area contributed by atoms with E-state index in [0.717, 1.165) is 0 Å². The van der Waals surface area contributed by atoms with E-state index in [1.165, 1.54) is 6.33 Å². The SMILES string of the molecule is CCC(CC)(NC(=O)c1cn(C)cn1)C(=O)O. The lowest BCUT2D eigenvalue weighted by molar-refractivity contribution is -0.144. The summed E-state index contributed by atoms with van der Waals surface area (Å²) in [7, 11) is 1.74. The van der Waals surface area contributed by atoms with E-state index in [0.29, 0.717) is 12.8 Å². The number of carboxylic acid groups (broad SMARTS) is 1. The maximum absolute atomic E-state index is 11.8. The van der Waals surface area contributed by atoms with Crippen molar-refractivity contribution in [3.63, 3.8) is 0 Å². The second-order valence-electron chi connectivity index (χ2n) is 3.97. The number of carbonyl (C=O) groups excluding carboxylic acids is 1. The third-order valence-electron chi connectivity index (χ3n) is 2.91. The zero-order valence-electron chi connectivity index (χ0n) is 10.2. The molecular formula is C11H17N3O3. The summed E-state index contributed by atoms with van der Waals surface area (Å²) in [5.41, 5.74) is -0.991. The maximum atomic E-state index is 11.8. The molecule has 0 bridgehead atoms. The molecule has 0 aliphatic carbocycles. The van der Waals surface area contributed by atoms with Gasteiger partial charge in [0.1, 0.15) is 11.2 Å². The van der Waals surface area contributed by atoms with E-state index < -0.39 is 17.4 Å². The lowest BCUT2D eigenvalue weighted by Gasteiger charge is -2.27. The molecule has 0 unspecified atom stereocenters. The molecule has 0 aromatic carbocycles. The molecule has 0 spiro atoms. The summed E-state index contributed by atoms with van der Waals surface area (Å²) >= 11 is 0. The highest BCUT2D eigenvalue weighted by Crippen LogP contribution is 2.16. The summed E-state index contributed by atoms with van der Waals surface area (Å²) in [6, 6.07) is 0. The van der Waals surface area contributed by atoms with Crippen LogP contribution in [0.5, 0.6) is 0 Å². The molecule has 0 atom stereocenters. The molecule has 1 amide bonds. The van der Waals surface area contributed by atoms with Gasteiger partial charge in [-0.2, -0.15) is 0 Å². The van der Waals surface area contributed by atoms with E-state index in [9.17, 15) is 14.7 Å². The van der Waals surface area contributed by atoms with Gasteiger partial charge in [0.05, 0.1) is 6.33 Å². The van der Waals surface area contributed by atoms with Gasteiger partial charge in [-0.25, -0.2) is 9.78 Å². The van der Waals surface area contributed by atoms with E-state index in [2.05, 4.69) is 10.3 Å². The first-order valence-electron chi connectivity index (χ1n) is 5.49. The first-order chi connectivity index (χ1) is 7.95. The molecule has 0 aliphatic heterocycles. The monoisotopic (exact) mass is 239 g/mol. The second-order valence-corrected chi connectivity index (χ2v) is 3.97. The minimum atomic E-state index is -1.21. The second kappa shape index (κ2) is 4.99. The molecule has 94 valence electrons. The standard InChI is InChI=1S/C11H17N3O3/c1-4-11(5-2,10(16)17)13-9(15)8-6-14(3)7-12-8/h6-7H,4-5H2,1-3H3,(H,13,15)(H,16,17). The van der Waals surface area contributed by atoms with Crippen molar-refractivity contribution in [2.24, 2.45) is 7.05 Å². The van der Waals surface area contributed by atoms with Gasteiger partial charge >= 0.3 is 5.97 Å². The number of hydrogen-bond acceptors (Lipinski definition) is 3. The molecule has 1 aromatic rings. The minimum absolute atomic E-state index is 0.222. The average molecular weight is 239 g/mol. The van der Waals surface area contributed by atoms with Crippen LogP contribution in [0.25, 0.3) is 0 Å². The van der Waals surface area contributed by atoms with Crippen molar-refractivity contribution in [1.82, 2.24) is 14.9 Å². The van der Waals surface area contributed by atoms with Gasteiger partial charge in [0.2, 0.25) is 0 Å². The van der Waals surface area contributed by atoms with Crippen LogP contribution in [-0.4, -0.2) is 32.1 Å². The fraction of sp³-hybridized carbons (Fsp3) is 0.545. The number of aryl methyl sites for hydroxylation is 1. The lowest BCUT2D eigenvalue weighted by Crippen LogP contribution is -2.53. The number of amides is 1. The van der Waals surface area contributed by atoms with E-state index >= 15 is 0 Å². The Kier molecular flexibility index (Phi) is 3.88. The fourth-order valence-electron chi connectivity index (χ4n) is 1.59. The van der Waals surface area contributed by atoms with Gasteiger partial charge in [0.25, 0.3) is 5.91 Å². The Morgan fingerprint density at radius 2 is 2.06 bits per heavy atom. The van der Waals surface area contributed by atoms with Crippen LogP contribution in [0.2, 0.25) is 0 Å². The number of nitrogens with zero attached hydrogens (tertiary/aromatic N) is 2. The number of nitrogens with one attached hydrogen (secondary N) is 1. The number of aliphatic carboxylic acids is 1. The number of imidazole rings is 1. The van der Waals surface area contributed by atoms with Crippen LogP contribution < -0.4 is 5.32 Å². The van der Waals surface area contributed by atoms with E-state index in [4.69, 9.17) is 0 Å². The van der Waals surface area contributed by atoms with Gasteiger partial charge < -0.3 is 15.0 Å². The quantitative estimate of drug-likeness (QED) is 0.795. The van der Waals surface area contributed by atoms with E-state index in [1.54, 1.807) is 31.7 Å². The van der Waals surface area contributed by atoms with Gasteiger partial charge in [0.15, 0.2) is 0 Å². The highest BCUT2D eigenvalue weighted by atomic mass is 16.4. The molecule has 0 fully saturated rings. The Balaban J connectivity index is 2.88. The van der Waals surface area contributed by atoms with Crippen molar-refractivity contribution in [2.45, 2.75) is 32.2 Å². The first-order valence-corrected chi connectivity index (χ1v) is 5.49. The average Bonchev–Trinajstić information content (AvgIpc) is 2.72. The molecule has 1 rings (SSSR count). The minimum Gasteiger partial charge on any atom is -0.480 e. The zero-order chi connectivity index (χ0) is 13.1. The first kappa shape index (κ1) is 13.2. The molecule has 0 aliphatic rings.